The first-order chi connectivity index (χ1) is 9.11. The second-order valence-electron chi connectivity index (χ2n) is 4.42. The van der Waals surface area contributed by atoms with E-state index in [1.165, 1.54) is 6.07 Å². The van der Waals surface area contributed by atoms with E-state index in [1.54, 1.807) is 6.20 Å². The Morgan fingerprint density at radius 1 is 1.37 bits per heavy atom. The lowest BCUT2D eigenvalue weighted by atomic mass is 10.1. The molecule has 1 heterocycles. The van der Waals surface area contributed by atoms with Gasteiger partial charge in [-0.3, -0.25) is 0 Å². The third kappa shape index (κ3) is 3.17. The molecule has 1 atom stereocenters. The van der Waals surface area contributed by atoms with E-state index in [1.807, 2.05) is 17.7 Å². The van der Waals surface area contributed by atoms with Crippen molar-refractivity contribution in [1.29, 1.82) is 0 Å². The summed E-state index contributed by atoms with van der Waals surface area (Å²) < 4.78 is 28.3. The molecule has 2 aromatic rings. The van der Waals surface area contributed by atoms with Crippen LogP contribution in [0.15, 0.2) is 30.6 Å². The van der Waals surface area contributed by atoms with Gasteiger partial charge in [-0.1, -0.05) is 13.0 Å². The Labute approximate surface area is 110 Å². The third-order valence-corrected chi connectivity index (χ3v) is 2.96. The molecule has 1 aromatic carbocycles. The van der Waals surface area contributed by atoms with E-state index in [2.05, 4.69) is 4.98 Å². The van der Waals surface area contributed by atoms with Crippen molar-refractivity contribution in [2.24, 2.45) is 0 Å². The maximum atomic E-state index is 13.6. The Balaban J connectivity index is 2.16. The predicted molar refractivity (Wildman–Crippen MR) is 67.5 cm³/mol. The number of imidazole rings is 1. The van der Waals surface area contributed by atoms with Crippen molar-refractivity contribution in [2.45, 2.75) is 32.4 Å². The fourth-order valence-corrected chi connectivity index (χ4v) is 2.03. The molecule has 1 aromatic heterocycles. The van der Waals surface area contributed by atoms with Crippen molar-refractivity contribution in [3.63, 3.8) is 0 Å². The van der Waals surface area contributed by atoms with E-state index in [0.717, 1.165) is 25.1 Å². The second kappa shape index (κ2) is 5.93. The van der Waals surface area contributed by atoms with E-state index >= 15 is 0 Å². The van der Waals surface area contributed by atoms with E-state index < -0.39 is 17.7 Å². The molecule has 0 bridgehead atoms. The van der Waals surface area contributed by atoms with Crippen LogP contribution in [0.25, 0.3) is 0 Å². The Morgan fingerprint density at radius 3 is 2.84 bits per heavy atom. The van der Waals surface area contributed by atoms with Crippen LogP contribution in [0.2, 0.25) is 0 Å². The maximum absolute atomic E-state index is 13.6. The number of aliphatic hydroxyl groups excluding tert-OH is 1. The molecular weight excluding hydrogens is 250 g/mol. The van der Waals surface area contributed by atoms with E-state index in [0.29, 0.717) is 5.82 Å². The van der Waals surface area contributed by atoms with Crippen LogP contribution < -0.4 is 0 Å². The number of aliphatic hydroxyl groups is 1. The molecule has 2 rings (SSSR count). The molecule has 0 spiro atoms. The average molecular weight is 266 g/mol. The molecule has 0 aliphatic heterocycles. The summed E-state index contributed by atoms with van der Waals surface area (Å²) in [5.41, 5.74) is 0.0902. The van der Waals surface area contributed by atoms with Gasteiger partial charge in [0.1, 0.15) is 17.5 Å². The molecule has 0 fully saturated rings. The first-order valence-corrected chi connectivity index (χ1v) is 6.24. The van der Waals surface area contributed by atoms with Gasteiger partial charge < -0.3 is 9.67 Å². The SMILES string of the molecule is CCCn1ccnc1CC(O)c1ccc(F)cc1F. The standard InChI is InChI=1S/C14H16F2N2O/c1-2-6-18-7-5-17-14(18)9-13(19)11-4-3-10(15)8-12(11)16/h3-5,7-8,13,19H,2,6,9H2,1H3. The van der Waals surface area contributed by atoms with Gasteiger partial charge in [0.25, 0.3) is 0 Å². The molecule has 1 N–H and O–H groups in total. The molecule has 0 radical (unpaired) electrons. The Bertz CT molecular complexity index is 554. The number of aromatic nitrogens is 2. The van der Waals surface area contributed by atoms with Crippen LogP contribution in [0.5, 0.6) is 0 Å². The largest absolute Gasteiger partial charge is 0.388 e. The van der Waals surface area contributed by atoms with Gasteiger partial charge >= 0.3 is 0 Å². The van der Waals surface area contributed by atoms with Crippen molar-refractivity contribution in [2.75, 3.05) is 0 Å². The van der Waals surface area contributed by atoms with Gasteiger partial charge in [-0.25, -0.2) is 13.8 Å². The number of nitrogens with zero attached hydrogens (tertiary/aromatic N) is 2. The van der Waals surface area contributed by atoms with Crippen molar-refractivity contribution in [3.05, 3.63) is 53.6 Å². The highest BCUT2D eigenvalue weighted by atomic mass is 19.1. The van der Waals surface area contributed by atoms with Gasteiger partial charge in [0.2, 0.25) is 0 Å². The number of halogens is 2. The fourth-order valence-electron chi connectivity index (χ4n) is 2.03. The number of hydrogen-bond donors (Lipinski definition) is 1. The van der Waals surface area contributed by atoms with E-state index in [4.69, 9.17) is 0 Å². The van der Waals surface area contributed by atoms with Gasteiger partial charge in [0.05, 0.1) is 6.10 Å². The van der Waals surface area contributed by atoms with Gasteiger partial charge in [-0.2, -0.15) is 0 Å². The molecule has 102 valence electrons. The van der Waals surface area contributed by atoms with Gasteiger partial charge in [0.15, 0.2) is 0 Å². The first-order valence-electron chi connectivity index (χ1n) is 6.24. The summed E-state index contributed by atoms with van der Waals surface area (Å²) in [5.74, 6) is -0.694. The molecule has 3 nitrogen and oxygen atoms in total. The van der Waals surface area contributed by atoms with Crippen LogP contribution >= 0.6 is 0 Å². The van der Waals surface area contributed by atoms with Crippen LogP contribution in [-0.2, 0) is 13.0 Å². The second-order valence-corrected chi connectivity index (χ2v) is 4.42. The molecule has 0 saturated carbocycles. The minimum atomic E-state index is -1.03. The van der Waals surface area contributed by atoms with Gasteiger partial charge in [-0.05, 0) is 12.5 Å². The summed E-state index contributed by atoms with van der Waals surface area (Å²) in [5, 5.41) is 10.0. The lowest BCUT2D eigenvalue weighted by molar-refractivity contribution is 0.169. The van der Waals surface area contributed by atoms with Crippen molar-refractivity contribution in [3.8, 4) is 0 Å². The summed E-state index contributed by atoms with van der Waals surface area (Å²) >= 11 is 0. The van der Waals surface area contributed by atoms with Gasteiger partial charge in [0, 0.05) is 37.0 Å². The molecule has 19 heavy (non-hydrogen) atoms. The van der Waals surface area contributed by atoms with E-state index in [9.17, 15) is 13.9 Å². The highest BCUT2D eigenvalue weighted by Crippen LogP contribution is 2.21. The third-order valence-electron chi connectivity index (χ3n) is 2.96. The summed E-state index contributed by atoms with van der Waals surface area (Å²) in [6.45, 7) is 2.84. The lowest BCUT2D eigenvalue weighted by Crippen LogP contribution is -2.10. The number of benzene rings is 1. The minimum absolute atomic E-state index is 0.0902. The predicted octanol–water partition coefficient (Wildman–Crippen LogP) is 2.85. The molecule has 5 heteroatoms. The zero-order valence-electron chi connectivity index (χ0n) is 10.7. The molecule has 0 saturated heterocycles. The Morgan fingerprint density at radius 2 is 2.16 bits per heavy atom. The summed E-state index contributed by atoms with van der Waals surface area (Å²) in [4.78, 5) is 4.15. The fraction of sp³-hybridized carbons (Fsp3) is 0.357. The Kier molecular flexibility index (Phi) is 4.27. The molecule has 0 aliphatic carbocycles. The van der Waals surface area contributed by atoms with Crippen LogP contribution in [0.1, 0.15) is 30.8 Å². The summed E-state index contributed by atoms with van der Waals surface area (Å²) in [7, 11) is 0. The summed E-state index contributed by atoms with van der Waals surface area (Å²) in [6.07, 6.45) is 3.60. The molecule has 0 aliphatic rings. The van der Waals surface area contributed by atoms with Crippen LogP contribution in [0, 0.1) is 11.6 Å². The van der Waals surface area contributed by atoms with Crippen LogP contribution in [0.3, 0.4) is 0 Å². The lowest BCUT2D eigenvalue weighted by Gasteiger charge is -2.13. The zero-order chi connectivity index (χ0) is 13.8. The monoisotopic (exact) mass is 266 g/mol. The highest BCUT2D eigenvalue weighted by molar-refractivity contribution is 5.21. The number of rotatable bonds is 5. The smallest absolute Gasteiger partial charge is 0.131 e. The van der Waals surface area contributed by atoms with Crippen LogP contribution in [0.4, 0.5) is 8.78 Å². The normalized spacial score (nSPS) is 12.6. The van der Waals surface area contributed by atoms with Crippen molar-refractivity contribution < 1.29 is 13.9 Å². The van der Waals surface area contributed by atoms with Crippen molar-refractivity contribution >= 4 is 0 Å². The number of aryl methyl sites for hydroxylation is 1. The van der Waals surface area contributed by atoms with Gasteiger partial charge in [-0.15, -0.1) is 0 Å². The van der Waals surface area contributed by atoms with Crippen molar-refractivity contribution in [1.82, 2.24) is 9.55 Å². The molecule has 1 unspecified atom stereocenters. The minimum Gasteiger partial charge on any atom is -0.388 e. The maximum Gasteiger partial charge on any atom is 0.131 e. The zero-order valence-corrected chi connectivity index (χ0v) is 10.7. The molecule has 0 amide bonds. The quantitative estimate of drug-likeness (QED) is 0.903. The topological polar surface area (TPSA) is 38.0 Å². The Hall–Kier alpha value is -1.75. The highest BCUT2D eigenvalue weighted by Gasteiger charge is 2.16. The average Bonchev–Trinajstić information content (AvgIpc) is 2.77. The summed E-state index contributed by atoms with van der Waals surface area (Å²) in [6, 6.07) is 3.18. The molecular formula is C14H16F2N2O. The van der Waals surface area contributed by atoms with E-state index in [-0.39, 0.29) is 12.0 Å². The van der Waals surface area contributed by atoms with Crippen LogP contribution in [-0.4, -0.2) is 14.7 Å². The first kappa shape index (κ1) is 13.7. The number of hydrogen-bond acceptors (Lipinski definition) is 2.